The average molecular weight is 246 g/mol. The lowest BCUT2D eigenvalue weighted by molar-refractivity contribution is -0.122. The summed E-state index contributed by atoms with van der Waals surface area (Å²) in [5.41, 5.74) is 6.44. The summed E-state index contributed by atoms with van der Waals surface area (Å²) in [7, 11) is 1.45. The summed E-state index contributed by atoms with van der Waals surface area (Å²) >= 11 is 0. The minimum absolute atomic E-state index is 0.0830. The Balaban J connectivity index is 2.75. The molecule has 0 unspecified atom stereocenters. The van der Waals surface area contributed by atoms with Gasteiger partial charge in [0, 0.05) is 18.3 Å². The number of nitrogen functional groups attached to an aromatic ring is 1. The highest BCUT2D eigenvalue weighted by molar-refractivity contribution is 5.97. The summed E-state index contributed by atoms with van der Waals surface area (Å²) in [5, 5.41) is 13.5. The van der Waals surface area contributed by atoms with Crippen LogP contribution in [0.15, 0.2) is 24.3 Å². The standard InChI is InChI=1S/C12H14N4O2/c1-15-12(18)10(6-7-13)16-11(17)8-2-4-9(14)5-3-8/h2-5,10H,6,14H2,1H3,(H,15,18)(H,16,17)/t10-/m0/s1. The highest BCUT2D eigenvalue weighted by atomic mass is 16.2. The van der Waals surface area contributed by atoms with E-state index in [1.165, 1.54) is 7.05 Å². The van der Waals surface area contributed by atoms with Gasteiger partial charge >= 0.3 is 0 Å². The molecule has 0 aliphatic heterocycles. The van der Waals surface area contributed by atoms with Gasteiger partial charge in [-0.05, 0) is 24.3 Å². The average Bonchev–Trinajstić information content (AvgIpc) is 2.38. The second-order valence-corrected chi connectivity index (χ2v) is 3.62. The molecular formula is C12H14N4O2. The van der Waals surface area contributed by atoms with E-state index in [0.29, 0.717) is 11.3 Å². The van der Waals surface area contributed by atoms with E-state index in [1.807, 2.05) is 6.07 Å². The van der Waals surface area contributed by atoms with Gasteiger partial charge in [-0.15, -0.1) is 0 Å². The summed E-state index contributed by atoms with van der Waals surface area (Å²) in [6.45, 7) is 0. The van der Waals surface area contributed by atoms with Crippen LogP contribution in [-0.4, -0.2) is 24.9 Å². The van der Waals surface area contributed by atoms with Crippen molar-refractivity contribution < 1.29 is 9.59 Å². The molecule has 1 aromatic rings. The fourth-order valence-corrected chi connectivity index (χ4v) is 1.35. The van der Waals surface area contributed by atoms with E-state index in [-0.39, 0.29) is 6.42 Å². The molecule has 0 heterocycles. The van der Waals surface area contributed by atoms with Crippen molar-refractivity contribution in [3.05, 3.63) is 29.8 Å². The van der Waals surface area contributed by atoms with Crippen molar-refractivity contribution in [2.24, 2.45) is 0 Å². The molecule has 0 bridgehead atoms. The van der Waals surface area contributed by atoms with E-state index in [0.717, 1.165) is 0 Å². The van der Waals surface area contributed by atoms with Gasteiger partial charge in [0.25, 0.3) is 5.91 Å². The van der Waals surface area contributed by atoms with Crippen LogP contribution in [0.25, 0.3) is 0 Å². The van der Waals surface area contributed by atoms with Crippen LogP contribution in [0.2, 0.25) is 0 Å². The number of amides is 2. The number of rotatable bonds is 4. The normalized spacial score (nSPS) is 11.1. The zero-order valence-electron chi connectivity index (χ0n) is 9.93. The van der Waals surface area contributed by atoms with E-state index >= 15 is 0 Å². The third-order valence-electron chi connectivity index (χ3n) is 2.34. The van der Waals surface area contributed by atoms with Gasteiger partial charge in [0.1, 0.15) is 6.04 Å². The molecule has 2 amide bonds. The van der Waals surface area contributed by atoms with Gasteiger partial charge in [-0.3, -0.25) is 9.59 Å². The van der Waals surface area contributed by atoms with Gasteiger partial charge < -0.3 is 16.4 Å². The first-order valence-electron chi connectivity index (χ1n) is 5.33. The SMILES string of the molecule is CNC(=O)[C@H](CC#N)NC(=O)c1ccc(N)cc1. The van der Waals surface area contributed by atoms with E-state index in [2.05, 4.69) is 10.6 Å². The van der Waals surface area contributed by atoms with Gasteiger partial charge in [0.05, 0.1) is 12.5 Å². The van der Waals surface area contributed by atoms with Crippen LogP contribution in [0.1, 0.15) is 16.8 Å². The van der Waals surface area contributed by atoms with Crippen molar-refractivity contribution in [2.45, 2.75) is 12.5 Å². The second kappa shape index (κ2) is 6.25. The molecule has 18 heavy (non-hydrogen) atoms. The first-order chi connectivity index (χ1) is 8.58. The monoisotopic (exact) mass is 246 g/mol. The smallest absolute Gasteiger partial charge is 0.251 e. The number of carbonyl (C=O) groups excluding carboxylic acids is 2. The molecule has 0 saturated carbocycles. The van der Waals surface area contributed by atoms with Gasteiger partial charge in [0.15, 0.2) is 0 Å². The molecule has 0 aliphatic carbocycles. The van der Waals surface area contributed by atoms with Crippen LogP contribution in [0.4, 0.5) is 5.69 Å². The number of nitrogens with two attached hydrogens (primary N) is 1. The zero-order chi connectivity index (χ0) is 13.5. The number of hydrogen-bond acceptors (Lipinski definition) is 4. The molecular weight excluding hydrogens is 232 g/mol. The Labute approximate surface area is 105 Å². The first-order valence-corrected chi connectivity index (χ1v) is 5.33. The molecule has 4 N–H and O–H groups in total. The van der Waals surface area contributed by atoms with Crippen LogP contribution in [0.5, 0.6) is 0 Å². The Hall–Kier alpha value is -2.55. The molecule has 0 fully saturated rings. The highest BCUT2D eigenvalue weighted by Gasteiger charge is 2.19. The molecule has 0 spiro atoms. The number of likely N-dealkylation sites (N-methyl/N-ethyl adjacent to an activating group) is 1. The summed E-state index contributed by atoms with van der Waals surface area (Å²) in [6.07, 6.45) is -0.0830. The molecule has 94 valence electrons. The lowest BCUT2D eigenvalue weighted by Crippen LogP contribution is -2.45. The van der Waals surface area contributed by atoms with Crippen LogP contribution >= 0.6 is 0 Å². The van der Waals surface area contributed by atoms with Crippen molar-refractivity contribution in [3.63, 3.8) is 0 Å². The fraction of sp³-hybridized carbons (Fsp3) is 0.250. The predicted octanol–water partition coefficient (Wildman–Crippen LogP) is 0.0269. The molecule has 1 atom stereocenters. The molecule has 6 nitrogen and oxygen atoms in total. The quantitative estimate of drug-likeness (QED) is 0.651. The van der Waals surface area contributed by atoms with Gasteiger partial charge in [-0.1, -0.05) is 0 Å². The van der Waals surface area contributed by atoms with Crippen molar-refractivity contribution in [1.29, 1.82) is 5.26 Å². The molecule has 0 saturated heterocycles. The van der Waals surface area contributed by atoms with Crippen LogP contribution < -0.4 is 16.4 Å². The molecule has 0 aliphatic rings. The number of nitriles is 1. The lowest BCUT2D eigenvalue weighted by atomic mass is 10.1. The van der Waals surface area contributed by atoms with Crippen LogP contribution in [0, 0.1) is 11.3 Å². The third-order valence-corrected chi connectivity index (χ3v) is 2.34. The van der Waals surface area contributed by atoms with Crippen molar-refractivity contribution in [2.75, 3.05) is 12.8 Å². The van der Waals surface area contributed by atoms with Crippen molar-refractivity contribution in [1.82, 2.24) is 10.6 Å². The van der Waals surface area contributed by atoms with E-state index < -0.39 is 17.9 Å². The maximum Gasteiger partial charge on any atom is 0.251 e. The Kier molecular flexibility index (Phi) is 4.69. The largest absolute Gasteiger partial charge is 0.399 e. The first kappa shape index (κ1) is 13.5. The van der Waals surface area contributed by atoms with E-state index in [1.54, 1.807) is 24.3 Å². The number of nitrogens with zero attached hydrogens (tertiary/aromatic N) is 1. The number of benzene rings is 1. The Morgan fingerprint density at radius 1 is 1.39 bits per heavy atom. The van der Waals surface area contributed by atoms with Crippen molar-refractivity contribution >= 4 is 17.5 Å². The predicted molar refractivity (Wildman–Crippen MR) is 66.4 cm³/mol. The van der Waals surface area contributed by atoms with E-state index in [9.17, 15) is 9.59 Å². The second-order valence-electron chi connectivity index (χ2n) is 3.62. The van der Waals surface area contributed by atoms with E-state index in [4.69, 9.17) is 11.0 Å². The Morgan fingerprint density at radius 2 is 2.00 bits per heavy atom. The molecule has 1 rings (SSSR count). The summed E-state index contributed by atoms with van der Waals surface area (Å²) in [5.74, 6) is -0.820. The molecule has 0 aromatic heterocycles. The molecule has 0 radical (unpaired) electrons. The van der Waals surface area contributed by atoms with Gasteiger partial charge in [0.2, 0.25) is 5.91 Å². The topological polar surface area (TPSA) is 108 Å². The third kappa shape index (κ3) is 3.49. The zero-order valence-corrected chi connectivity index (χ0v) is 9.93. The number of carbonyl (C=O) groups is 2. The van der Waals surface area contributed by atoms with Crippen LogP contribution in [0.3, 0.4) is 0 Å². The maximum absolute atomic E-state index is 11.8. The fourth-order valence-electron chi connectivity index (χ4n) is 1.35. The van der Waals surface area contributed by atoms with Gasteiger partial charge in [-0.25, -0.2) is 0 Å². The number of anilines is 1. The summed E-state index contributed by atoms with van der Waals surface area (Å²) in [6, 6.07) is 7.29. The number of hydrogen-bond donors (Lipinski definition) is 3. The minimum atomic E-state index is -0.856. The summed E-state index contributed by atoms with van der Waals surface area (Å²) in [4.78, 5) is 23.2. The maximum atomic E-state index is 11.8. The number of nitrogens with one attached hydrogen (secondary N) is 2. The van der Waals surface area contributed by atoms with Gasteiger partial charge in [-0.2, -0.15) is 5.26 Å². The lowest BCUT2D eigenvalue weighted by Gasteiger charge is -2.14. The molecule has 1 aromatic carbocycles. The Bertz CT molecular complexity index is 476. The van der Waals surface area contributed by atoms with Crippen LogP contribution in [-0.2, 0) is 4.79 Å². The Morgan fingerprint density at radius 3 is 2.50 bits per heavy atom. The highest BCUT2D eigenvalue weighted by Crippen LogP contribution is 2.06. The summed E-state index contributed by atoms with van der Waals surface area (Å²) < 4.78 is 0. The minimum Gasteiger partial charge on any atom is -0.399 e. The molecule has 6 heteroatoms. The van der Waals surface area contributed by atoms with Crippen molar-refractivity contribution in [3.8, 4) is 6.07 Å².